The van der Waals surface area contributed by atoms with Crippen molar-refractivity contribution >= 4 is 11.8 Å². The molecule has 0 aromatic carbocycles. The third kappa shape index (κ3) is 1.88. The minimum atomic E-state index is 0.0125. The molecule has 0 aliphatic carbocycles. The largest absolute Gasteiger partial charge is 0.291 e. The van der Waals surface area contributed by atoms with Crippen LogP contribution in [0.2, 0.25) is 0 Å². The Morgan fingerprint density at radius 3 is 2.92 bits per heavy atom. The van der Waals surface area contributed by atoms with Crippen LogP contribution in [0.15, 0.2) is 16.0 Å². The van der Waals surface area contributed by atoms with Gasteiger partial charge in [-0.25, -0.2) is 4.98 Å². The zero-order chi connectivity index (χ0) is 9.14. The van der Waals surface area contributed by atoms with E-state index in [-0.39, 0.29) is 5.56 Å². The van der Waals surface area contributed by atoms with E-state index in [1.54, 1.807) is 29.4 Å². The van der Waals surface area contributed by atoms with Crippen molar-refractivity contribution in [2.45, 2.75) is 19.0 Å². The predicted molar refractivity (Wildman–Crippen MR) is 50.6 cm³/mol. The van der Waals surface area contributed by atoms with Gasteiger partial charge >= 0.3 is 0 Å². The molecule has 0 radical (unpaired) electrons. The van der Waals surface area contributed by atoms with Crippen molar-refractivity contribution < 1.29 is 0 Å². The fourth-order valence-electron chi connectivity index (χ4n) is 0.886. The van der Waals surface area contributed by atoms with Gasteiger partial charge in [-0.05, 0) is 12.7 Å². The minimum Gasteiger partial charge on any atom is -0.291 e. The smallest absolute Gasteiger partial charge is 0.254 e. The first-order valence-electron chi connectivity index (χ1n) is 3.82. The van der Waals surface area contributed by atoms with E-state index >= 15 is 0 Å². The lowest BCUT2D eigenvalue weighted by Crippen LogP contribution is -2.19. The molecule has 3 nitrogen and oxygen atoms in total. The van der Waals surface area contributed by atoms with E-state index in [1.807, 2.05) is 13.8 Å². The summed E-state index contributed by atoms with van der Waals surface area (Å²) in [4.78, 5) is 15.5. The quantitative estimate of drug-likeness (QED) is 0.511. The van der Waals surface area contributed by atoms with Gasteiger partial charge in [-0.1, -0.05) is 18.7 Å². The average Bonchev–Trinajstić information content (AvgIpc) is 2.00. The minimum absolute atomic E-state index is 0.0125. The maximum absolute atomic E-state index is 11.2. The van der Waals surface area contributed by atoms with Gasteiger partial charge in [0, 0.05) is 18.8 Å². The van der Waals surface area contributed by atoms with Gasteiger partial charge in [0.05, 0.1) is 0 Å². The highest BCUT2D eigenvalue weighted by Crippen LogP contribution is 2.11. The van der Waals surface area contributed by atoms with Gasteiger partial charge in [0.15, 0.2) is 5.16 Å². The van der Waals surface area contributed by atoms with Crippen molar-refractivity contribution in [2.75, 3.05) is 5.75 Å². The fourth-order valence-corrected chi connectivity index (χ4v) is 1.64. The second-order valence-corrected chi connectivity index (χ2v) is 3.74. The Morgan fingerprint density at radius 2 is 2.33 bits per heavy atom. The Morgan fingerprint density at radius 1 is 1.67 bits per heavy atom. The lowest BCUT2D eigenvalue weighted by atomic mass is 10.4. The molecule has 0 unspecified atom stereocenters. The Labute approximate surface area is 75.8 Å². The SMILES string of the molecule is CCSc1nc(C)cc(=O)n1C. The number of rotatable bonds is 2. The second-order valence-electron chi connectivity index (χ2n) is 2.51. The molecule has 1 aromatic heterocycles. The number of nitrogens with zero attached hydrogens (tertiary/aromatic N) is 2. The molecule has 0 saturated heterocycles. The summed E-state index contributed by atoms with van der Waals surface area (Å²) in [6, 6.07) is 1.54. The number of thioether (sulfide) groups is 1. The summed E-state index contributed by atoms with van der Waals surface area (Å²) in [7, 11) is 1.74. The summed E-state index contributed by atoms with van der Waals surface area (Å²) in [5, 5.41) is 0.794. The van der Waals surface area contributed by atoms with E-state index in [0.717, 1.165) is 16.6 Å². The Balaban J connectivity index is 3.18. The van der Waals surface area contributed by atoms with Crippen LogP contribution in [0.3, 0.4) is 0 Å². The molecule has 0 spiro atoms. The first kappa shape index (κ1) is 9.32. The lowest BCUT2D eigenvalue weighted by Gasteiger charge is -2.04. The van der Waals surface area contributed by atoms with Crippen LogP contribution in [0.25, 0.3) is 0 Å². The molecular weight excluding hydrogens is 172 g/mol. The molecule has 4 heteroatoms. The molecule has 0 saturated carbocycles. The van der Waals surface area contributed by atoms with E-state index in [9.17, 15) is 4.79 Å². The van der Waals surface area contributed by atoms with Gasteiger partial charge in [-0.2, -0.15) is 0 Å². The van der Waals surface area contributed by atoms with Crippen LogP contribution in [-0.4, -0.2) is 15.3 Å². The third-order valence-corrected chi connectivity index (χ3v) is 2.41. The summed E-state index contributed by atoms with van der Waals surface area (Å²) in [6.07, 6.45) is 0. The first-order valence-corrected chi connectivity index (χ1v) is 4.81. The van der Waals surface area contributed by atoms with Crippen molar-refractivity contribution in [3.05, 3.63) is 22.1 Å². The van der Waals surface area contributed by atoms with Crippen LogP contribution in [0.5, 0.6) is 0 Å². The predicted octanol–water partition coefficient (Wildman–Crippen LogP) is 1.20. The molecule has 0 amide bonds. The second kappa shape index (κ2) is 3.76. The monoisotopic (exact) mass is 184 g/mol. The molecule has 0 N–H and O–H groups in total. The van der Waals surface area contributed by atoms with Crippen molar-refractivity contribution in [3.8, 4) is 0 Å². The van der Waals surface area contributed by atoms with Crippen molar-refractivity contribution in [1.29, 1.82) is 0 Å². The summed E-state index contributed by atoms with van der Waals surface area (Å²) in [6.45, 7) is 3.88. The van der Waals surface area contributed by atoms with Crippen LogP contribution >= 0.6 is 11.8 Å². The fraction of sp³-hybridized carbons (Fsp3) is 0.500. The van der Waals surface area contributed by atoms with Gasteiger partial charge in [0.25, 0.3) is 5.56 Å². The molecule has 66 valence electrons. The lowest BCUT2D eigenvalue weighted by molar-refractivity contribution is 0.699. The highest BCUT2D eigenvalue weighted by Gasteiger charge is 2.01. The van der Waals surface area contributed by atoms with Gasteiger partial charge in [-0.3, -0.25) is 9.36 Å². The topological polar surface area (TPSA) is 34.9 Å². The van der Waals surface area contributed by atoms with Gasteiger partial charge < -0.3 is 0 Å². The summed E-state index contributed by atoms with van der Waals surface area (Å²) >= 11 is 1.58. The molecule has 0 bridgehead atoms. The summed E-state index contributed by atoms with van der Waals surface area (Å²) in [5.41, 5.74) is 0.799. The van der Waals surface area contributed by atoms with Crippen molar-refractivity contribution in [1.82, 2.24) is 9.55 Å². The number of aromatic nitrogens is 2. The van der Waals surface area contributed by atoms with E-state index in [0.29, 0.717) is 0 Å². The van der Waals surface area contributed by atoms with Crippen molar-refractivity contribution in [2.24, 2.45) is 7.05 Å². The van der Waals surface area contributed by atoms with Crippen LogP contribution in [0.1, 0.15) is 12.6 Å². The molecule has 0 fully saturated rings. The van der Waals surface area contributed by atoms with Crippen LogP contribution in [-0.2, 0) is 7.05 Å². The molecule has 0 aliphatic heterocycles. The molecule has 0 aliphatic rings. The highest BCUT2D eigenvalue weighted by molar-refractivity contribution is 7.99. The van der Waals surface area contributed by atoms with Gasteiger partial charge in [0.1, 0.15) is 0 Å². The molecule has 0 atom stereocenters. The summed E-state index contributed by atoms with van der Waals surface area (Å²) < 4.78 is 1.57. The van der Waals surface area contributed by atoms with E-state index in [4.69, 9.17) is 0 Å². The normalized spacial score (nSPS) is 10.2. The van der Waals surface area contributed by atoms with E-state index in [1.165, 1.54) is 0 Å². The Bertz CT molecular complexity index is 332. The number of hydrogen-bond acceptors (Lipinski definition) is 3. The molecule has 1 rings (SSSR count). The van der Waals surface area contributed by atoms with Gasteiger partial charge in [-0.15, -0.1) is 0 Å². The number of hydrogen-bond donors (Lipinski definition) is 0. The number of aryl methyl sites for hydroxylation is 1. The highest BCUT2D eigenvalue weighted by atomic mass is 32.2. The van der Waals surface area contributed by atoms with Crippen molar-refractivity contribution in [3.63, 3.8) is 0 Å². The van der Waals surface area contributed by atoms with Crippen LogP contribution < -0.4 is 5.56 Å². The van der Waals surface area contributed by atoms with Crippen LogP contribution in [0.4, 0.5) is 0 Å². The van der Waals surface area contributed by atoms with Gasteiger partial charge in [0.2, 0.25) is 0 Å². The van der Waals surface area contributed by atoms with E-state index in [2.05, 4.69) is 4.98 Å². The average molecular weight is 184 g/mol. The standard InChI is InChI=1S/C8H12N2OS/c1-4-12-8-9-6(2)5-7(11)10(8)3/h5H,4H2,1-3H3. The maximum atomic E-state index is 11.2. The third-order valence-electron chi connectivity index (χ3n) is 1.50. The van der Waals surface area contributed by atoms with Crippen LogP contribution in [0, 0.1) is 6.92 Å². The summed E-state index contributed by atoms with van der Waals surface area (Å²) in [5.74, 6) is 0.934. The Hall–Kier alpha value is -0.770. The van der Waals surface area contributed by atoms with E-state index < -0.39 is 0 Å². The first-order chi connectivity index (χ1) is 5.65. The Kier molecular flexibility index (Phi) is 2.92. The zero-order valence-electron chi connectivity index (χ0n) is 7.50. The zero-order valence-corrected chi connectivity index (χ0v) is 8.31. The maximum Gasteiger partial charge on any atom is 0.254 e. The molecule has 1 aromatic rings. The molecule has 1 heterocycles. The molecular formula is C8H12N2OS. The molecule has 12 heavy (non-hydrogen) atoms.